The molecule has 154 valence electrons. The number of imidazole rings is 1. The number of amides is 1. The monoisotopic (exact) mass is 391 g/mol. The highest BCUT2D eigenvalue weighted by atomic mass is 19.1. The average Bonchev–Trinajstić information content (AvgIpc) is 3.10. The van der Waals surface area contributed by atoms with Crippen molar-refractivity contribution in [2.75, 3.05) is 23.7 Å². The second kappa shape index (κ2) is 7.14. The maximum atomic E-state index is 14.6. The van der Waals surface area contributed by atoms with Gasteiger partial charge in [-0.3, -0.25) is 0 Å². The van der Waals surface area contributed by atoms with Gasteiger partial charge in [-0.2, -0.15) is 0 Å². The van der Waals surface area contributed by atoms with Crippen LogP contribution in [-0.4, -0.2) is 40.4 Å². The van der Waals surface area contributed by atoms with Crippen LogP contribution in [0.4, 0.5) is 20.6 Å². The Hall–Kier alpha value is -2.51. The highest BCUT2D eigenvalue weighted by molar-refractivity contribution is 5.97. The zero-order chi connectivity index (χ0) is 20.8. The molecule has 2 heterocycles. The molecule has 2 aromatic rings. The smallest absolute Gasteiger partial charge is 0.407 e. The van der Waals surface area contributed by atoms with E-state index in [0.29, 0.717) is 29.8 Å². The van der Waals surface area contributed by atoms with Gasteiger partial charge in [0.1, 0.15) is 22.5 Å². The molecule has 1 saturated heterocycles. The number of fused-ring (bicyclic) bond motifs is 1. The van der Waals surface area contributed by atoms with E-state index in [1.807, 2.05) is 41.7 Å². The lowest BCUT2D eigenvalue weighted by Gasteiger charge is -2.23. The van der Waals surface area contributed by atoms with Crippen LogP contribution in [0.2, 0.25) is 0 Å². The Kier molecular flexibility index (Phi) is 5.16. The quantitative estimate of drug-likeness (QED) is 0.782. The fourth-order valence-corrected chi connectivity index (χ4v) is 3.77. The summed E-state index contributed by atoms with van der Waals surface area (Å²) in [4.78, 5) is 18.8. The van der Waals surface area contributed by atoms with Gasteiger partial charge in [0.2, 0.25) is 0 Å². The van der Waals surface area contributed by atoms with Crippen LogP contribution in [0.5, 0.6) is 0 Å². The van der Waals surface area contributed by atoms with Crippen LogP contribution >= 0.6 is 0 Å². The van der Waals surface area contributed by atoms with Crippen molar-refractivity contribution < 1.29 is 13.9 Å². The van der Waals surface area contributed by atoms with Gasteiger partial charge in [0.15, 0.2) is 5.82 Å². The third-order valence-corrected chi connectivity index (χ3v) is 4.88. The van der Waals surface area contributed by atoms with E-state index >= 15 is 0 Å². The number of nitrogens with one attached hydrogen (secondary N) is 1. The lowest BCUT2D eigenvalue weighted by atomic mass is 10.2. The van der Waals surface area contributed by atoms with E-state index in [2.05, 4.69) is 10.2 Å². The standard InChI is InChI=1S/C20H30FN5O2/c1-11(2)18-24-15-16(25(18)6)13(21)9-14(22)17(15)26-8-7-12(10-26)23-19(27)28-20(3,4)5/h9,11-12H,7-8,10,22H2,1-6H3,(H,23,27)/t12-/m1/s1. The minimum absolute atomic E-state index is 0.0670. The Morgan fingerprint density at radius 2 is 2.11 bits per heavy atom. The summed E-state index contributed by atoms with van der Waals surface area (Å²) in [5, 5.41) is 2.91. The number of nitrogens with two attached hydrogens (primary N) is 1. The molecule has 3 N–H and O–H groups in total. The largest absolute Gasteiger partial charge is 0.444 e. The number of alkyl carbamates (subject to hydrolysis) is 1. The van der Waals surface area contributed by atoms with Gasteiger partial charge in [0, 0.05) is 32.1 Å². The number of aryl methyl sites for hydroxylation is 1. The maximum absolute atomic E-state index is 14.6. The molecule has 3 rings (SSSR count). The summed E-state index contributed by atoms with van der Waals surface area (Å²) < 4.78 is 21.8. The molecule has 1 atom stereocenters. The first kappa shape index (κ1) is 20.2. The Bertz CT molecular complexity index is 900. The molecule has 7 nitrogen and oxygen atoms in total. The van der Waals surface area contributed by atoms with Crippen molar-refractivity contribution in [3.8, 4) is 0 Å². The Morgan fingerprint density at radius 3 is 2.71 bits per heavy atom. The molecule has 0 spiro atoms. The normalized spacial score (nSPS) is 17.6. The molecule has 1 aromatic carbocycles. The fourth-order valence-electron chi connectivity index (χ4n) is 3.77. The highest BCUT2D eigenvalue weighted by Gasteiger charge is 2.30. The van der Waals surface area contributed by atoms with Crippen LogP contribution in [0.3, 0.4) is 0 Å². The molecule has 8 heteroatoms. The van der Waals surface area contributed by atoms with Crippen molar-refractivity contribution in [3.63, 3.8) is 0 Å². The van der Waals surface area contributed by atoms with E-state index in [4.69, 9.17) is 15.5 Å². The van der Waals surface area contributed by atoms with Crippen molar-refractivity contribution in [3.05, 3.63) is 17.7 Å². The third kappa shape index (κ3) is 3.86. The number of rotatable bonds is 3. The number of ether oxygens (including phenoxy) is 1. The molecule has 1 fully saturated rings. The van der Waals surface area contributed by atoms with Crippen molar-refractivity contribution in [1.82, 2.24) is 14.9 Å². The first-order chi connectivity index (χ1) is 13.0. The number of aromatic nitrogens is 2. The third-order valence-electron chi connectivity index (χ3n) is 4.88. The van der Waals surface area contributed by atoms with Crippen molar-refractivity contribution in [1.29, 1.82) is 0 Å². The molecule has 0 radical (unpaired) electrons. The predicted molar refractivity (Wildman–Crippen MR) is 109 cm³/mol. The van der Waals surface area contributed by atoms with Crippen LogP contribution < -0.4 is 16.0 Å². The number of nitrogens with zero attached hydrogens (tertiary/aromatic N) is 3. The molecule has 0 bridgehead atoms. The zero-order valence-electron chi connectivity index (χ0n) is 17.5. The summed E-state index contributed by atoms with van der Waals surface area (Å²) in [6.07, 6.45) is 0.318. The molecule has 1 aliphatic heterocycles. The van der Waals surface area contributed by atoms with E-state index in [-0.39, 0.29) is 17.8 Å². The Labute approximate surface area is 165 Å². The summed E-state index contributed by atoms with van der Waals surface area (Å²) in [6, 6.07) is 1.29. The van der Waals surface area contributed by atoms with Gasteiger partial charge >= 0.3 is 6.09 Å². The van der Waals surface area contributed by atoms with Gasteiger partial charge < -0.3 is 25.3 Å². The number of carbonyl (C=O) groups is 1. The average molecular weight is 391 g/mol. The molecule has 1 aromatic heterocycles. The van der Waals surface area contributed by atoms with Gasteiger partial charge in [-0.1, -0.05) is 13.8 Å². The van der Waals surface area contributed by atoms with Gasteiger partial charge in [0.05, 0.1) is 17.4 Å². The first-order valence-electron chi connectivity index (χ1n) is 9.66. The molecule has 1 amide bonds. The summed E-state index contributed by atoms with van der Waals surface area (Å²) in [6.45, 7) is 10.8. The summed E-state index contributed by atoms with van der Waals surface area (Å²) in [5.41, 5.74) is 7.76. The second-order valence-electron chi connectivity index (χ2n) is 8.76. The minimum atomic E-state index is -0.545. The van der Waals surface area contributed by atoms with Gasteiger partial charge in [0.25, 0.3) is 0 Å². The van der Waals surface area contributed by atoms with Crippen LogP contribution in [0.15, 0.2) is 6.07 Å². The van der Waals surface area contributed by atoms with Crippen molar-refractivity contribution in [2.45, 2.75) is 58.6 Å². The molecule has 28 heavy (non-hydrogen) atoms. The number of hydrogen-bond donors (Lipinski definition) is 2. The van der Waals surface area contributed by atoms with Crippen molar-refractivity contribution >= 4 is 28.5 Å². The summed E-state index contributed by atoms with van der Waals surface area (Å²) in [5.74, 6) is 0.593. The second-order valence-corrected chi connectivity index (χ2v) is 8.76. The SMILES string of the molecule is CC(C)c1nc2c(N3CC[C@@H](NC(=O)OC(C)(C)C)C3)c(N)cc(F)c2n1C. The predicted octanol–water partition coefficient (Wildman–Crippen LogP) is 3.52. The summed E-state index contributed by atoms with van der Waals surface area (Å²) >= 11 is 0. The van der Waals surface area contributed by atoms with Crippen LogP contribution in [0, 0.1) is 5.82 Å². The number of carbonyl (C=O) groups excluding carboxylic acids is 1. The molecule has 0 unspecified atom stereocenters. The van der Waals surface area contributed by atoms with Crippen LogP contribution in [0.1, 0.15) is 52.8 Å². The minimum Gasteiger partial charge on any atom is -0.444 e. The maximum Gasteiger partial charge on any atom is 0.407 e. The number of anilines is 2. The molecule has 1 aliphatic rings. The zero-order valence-corrected chi connectivity index (χ0v) is 17.5. The van der Waals surface area contributed by atoms with Crippen LogP contribution in [0.25, 0.3) is 11.0 Å². The number of nitrogen functional groups attached to an aromatic ring is 1. The fraction of sp³-hybridized carbons (Fsp3) is 0.600. The van der Waals surface area contributed by atoms with E-state index in [1.165, 1.54) is 6.07 Å². The van der Waals surface area contributed by atoms with E-state index < -0.39 is 11.7 Å². The van der Waals surface area contributed by atoms with Gasteiger partial charge in [-0.05, 0) is 27.2 Å². The topological polar surface area (TPSA) is 85.4 Å². The van der Waals surface area contributed by atoms with Gasteiger partial charge in [-0.15, -0.1) is 0 Å². The molecular weight excluding hydrogens is 361 g/mol. The molecule has 0 saturated carbocycles. The number of halogens is 1. The van der Waals surface area contributed by atoms with E-state index in [0.717, 1.165) is 17.9 Å². The van der Waals surface area contributed by atoms with E-state index in [9.17, 15) is 9.18 Å². The first-order valence-corrected chi connectivity index (χ1v) is 9.66. The van der Waals surface area contributed by atoms with E-state index in [1.54, 1.807) is 4.57 Å². The lowest BCUT2D eigenvalue weighted by molar-refractivity contribution is 0.0509. The van der Waals surface area contributed by atoms with Crippen LogP contribution in [-0.2, 0) is 11.8 Å². The van der Waals surface area contributed by atoms with Gasteiger partial charge in [-0.25, -0.2) is 14.2 Å². The lowest BCUT2D eigenvalue weighted by Crippen LogP contribution is -2.40. The Balaban J connectivity index is 1.88. The molecule has 0 aliphatic carbocycles. The molecular formula is C20H30FN5O2. The number of hydrogen-bond acceptors (Lipinski definition) is 5. The number of benzene rings is 1. The summed E-state index contributed by atoms with van der Waals surface area (Å²) in [7, 11) is 1.82. The van der Waals surface area contributed by atoms with Crippen molar-refractivity contribution in [2.24, 2.45) is 7.05 Å². The highest BCUT2D eigenvalue weighted by Crippen LogP contribution is 2.37. The Morgan fingerprint density at radius 1 is 1.43 bits per heavy atom.